The van der Waals surface area contributed by atoms with Crippen molar-refractivity contribution in [3.63, 3.8) is 0 Å². The first-order valence-electron chi connectivity index (χ1n) is 5.51. The Bertz CT molecular complexity index is 403. The van der Waals surface area contributed by atoms with Crippen LogP contribution in [0, 0.1) is 19.3 Å². The monoisotopic (exact) mass is 215 g/mol. The molecule has 16 heavy (non-hydrogen) atoms. The summed E-state index contributed by atoms with van der Waals surface area (Å²) in [6.07, 6.45) is 7.13. The van der Waals surface area contributed by atoms with E-state index < -0.39 is 0 Å². The largest absolute Gasteiger partial charge is 0.338 e. The Kier molecular flexibility index (Phi) is 4.60. The van der Waals surface area contributed by atoms with Crippen molar-refractivity contribution in [3.05, 3.63) is 35.4 Å². The van der Waals surface area contributed by atoms with Gasteiger partial charge in [-0.05, 0) is 25.5 Å². The topological polar surface area (TPSA) is 29.1 Å². The Morgan fingerprint density at radius 2 is 2.31 bits per heavy atom. The molecule has 1 unspecified atom stereocenters. The maximum Gasteiger partial charge on any atom is 0.252 e. The maximum absolute atomic E-state index is 11.8. The Morgan fingerprint density at radius 3 is 2.88 bits per heavy atom. The SMILES string of the molecule is C#CC(CCC)NC(=O)c1cccc(C)c1. The fraction of sp³-hybridized carbons (Fsp3) is 0.357. The highest BCUT2D eigenvalue weighted by atomic mass is 16.1. The Balaban J connectivity index is 2.69. The molecule has 0 aliphatic carbocycles. The van der Waals surface area contributed by atoms with Crippen molar-refractivity contribution in [2.24, 2.45) is 0 Å². The van der Waals surface area contributed by atoms with Gasteiger partial charge in [-0.1, -0.05) is 37.0 Å². The highest BCUT2D eigenvalue weighted by Gasteiger charge is 2.10. The van der Waals surface area contributed by atoms with Crippen LogP contribution in [0.4, 0.5) is 0 Å². The average molecular weight is 215 g/mol. The van der Waals surface area contributed by atoms with E-state index in [1.165, 1.54) is 0 Å². The minimum absolute atomic E-state index is 0.0971. The molecule has 0 bridgehead atoms. The summed E-state index contributed by atoms with van der Waals surface area (Å²) in [7, 11) is 0. The van der Waals surface area contributed by atoms with E-state index in [9.17, 15) is 4.79 Å². The molecule has 0 radical (unpaired) electrons. The molecule has 1 atom stereocenters. The lowest BCUT2D eigenvalue weighted by molar-refractivity contribution is 0.0944. The van der Waals surface area contributed by atoms with Crippen molar-refractivity contribution in [2.45, 2.75) is 32.7 Å². The van der Waals surface area contributed by atoms with E-state index in [0.717, 1.165) is 18.4 Å². The van der Waals surface area contributed by atoms with Crippen LogP contribution in [0.15, 0.2) is 24.3 Å². The summed E-state index contributed by atoms with van der Waals surface area (Å²) in [5.74, 6) is 2.49. The Morgan fingerprint density at radius 1 is 1.56 bits per heavy atom. The van der Waals surface area contributed by atoms with Crippen LogP contribution in [-0.2, 0) is 0 Å². The van der Waals surface area contributed by atoms with Crippen LogP contribution in [0.2, 0.25) is 0 Å². The predicted molar refractivity (Wildman–Crippen MR) is 66.2 cm³/mol. The summed E-state index contributed by atoms with van der Waals surface area (Å²) in [4.78, 5) is 11.8. The first-order chi connectivity index (χ1) is 7.67. The molecule has 84 valence electrons. The van der Waals surface area contributed by atoms with Crippen molar-refractivity contribution in [3.8, 4) is 12.3 Å². The highest BCUT2D eigenvalue weighted by Crippen LogP contribution is 2.05. The van der Waals surface area contributed by atoms with E-state index in [1.807, 2.05) is 32.0 Å². The predicted octanol–water partition coefficient (Wildman–Crippen LogP) is 2.53. The molecule has 1 N–H and O–H groups in total. The molecule has 0 heterocycles. The van der Waals surface area contributed by atoms with Crippen LogP contribution >= 0.6 is 0 Å². The number of terminal acetylenes is 1. The quantitative estimate of drug-likeness (QED) is 0.768. The summed E-state index contributed by atoms with van der Waals surface area (Å²) < 4.78 is 0. The summed E-state index contributed by atoms with van der Waals surface area (Å²) in [5, 5.41) is 2.84. The average Bonchev–Trinajstić information content (AvgIpc) is 2.28. The number of hydrogen-bond acceptors (Lipinski definition) is 1. The smallest absolute Gasteiger partial charge is 0.252 e. The fourth-order valence-electron chi connectivity index (χ4n) is 1.51. The number of rotatable bonds is 4. The number of carbonyl (C=O) groups is 1. The summed E-state index contributed by atoms with van der Waals surface area (Å²) in [6.45, 7) is 4.00. The zero-order valence-corrected chi connectivity index (χ0v) is 9.79. The molecular formula is C14H17NO. The molecule has 2 heteroatoms. The first kappa shape index (κ1) is 12.3. The molecular weight excluding hydrogens is 198 g/mol. The number of carbonyl (C=O) groups excluding carboxylic acids is 1. The molecule has 1 aromatic rings. The summed E-state index contributed by atoms with van der Waals surface area (Å²) in [6, 6.07) is 7.31. The maximum atomic E-state index is 11.8. The van der Waals surface area contributed by atoms with E-state index >= 15 is 0 Å². The minimum Gasteiger partial charge on any atom is -0.338 e. The third-order valence-electron chi connectivity index (χ3n) is 2.36. The van der Waals surface area contributed by atoms with Crippen LogP contribution < -0.4 is 5.32 Å². The number of hydrogen-bond donors (Lipinski definition) is 1. The van der Waals surface area contributed by atoms with Gasteiger partial charge in [0, 0.05) is 5.56 Å². The van der Waals surface area contributed by atoms with E-state index in [-0.39, 0.29) is 11.9 Å². The van der Waals surface area contributed by atoms with Crippen molar-refractivity contribution in [1.82, 2.24) is 5.32 Å². The van der Waals surface area contributed by atoms with E-state index in [1.54, 1.807) is 6.07 Å². The van der Waals surface area contributed by atoms with Crippen LogP contribution in [0.25, 0.3) is 0 Å². The first-order valence-corrected chi connectivity index (χ1v) is 5.51. The van der Waals surface area contributed by atoms with Crippen molar-refractivity contribution in [1.29, 1.82) is 0 Å². The minimum atomic E-state index is -0.169. The normalized spacial score (nSPS) is 11.6. The molecule has 0 saturated heterocycles. The van der Waals surface area contributed by atoms with Gasteiger partial charge in [-0.3, -0.25) is 4.79 Å². The van der Waals surface area contributed by atoms with Crippen LogP contribution in [0.1, 0.15) is 35.7 Å². The van der Waals surface area contributed by atoms with E-state index in [0.29, 0.717) is 5.56 Å². The molecule has 0 spiro atoms. The van der Waals surface area contributed by atoms with Crippen molar-refractivity contribution < 1.29 is 4.79 Å². The molecule has 0 fully saturated rings. The number of amides is 1. The van der Waals surface area contributed by atoms with Crippen LogP contribution in [-0.4, -0.2) is 11.9 Å². The van der Waals surface area contributed by atoms with Crippen LogP contribution in [0.5, 0.6) is 0 Å². The van der Waals surface area contributed by atoms with Gasteiger partial charge in [0.25, 0.3) is 5.91 Å². The summed E-state index contributed by atoms with van der Waals surface area (Å²) >= 11 is 0. The standard InChI is InChI=1S/C14H17NO/c1-4-7-13(5-2)15-14(16)12-9-6-8-11(3)10-12/h2,6,8-10,13H,4,7H2,1,3H3,(H,15,16). The lowest BCUT2D eigenvalue weighted by Gasteiger charge is -2.12. The Labute approximate surface area is 97.1 Å². The van der Waals surface area contributed by atoms with Gasteiger partial charge in [0.2, 0.25) is 0 Å². The van der Waals surface area contributed by atoms with E-state index in [2.05, 4.69) is 11.2 Å². The molecule has 1 amide bonds. The lowest BCUT2D eigenvalue weighted by Crippen LogP contribution is -2.33. The third-order valence-corrected chi connectivity index (χ3v) is 2.36. The number of benzene rings is 1. The van der Waals surface area contributed by atoms with Gasteiger partial charge in [-0.15, -0.1) is 6.42 Å². The molecule has 0 aliphatic heterocycles. The molecule has 0 aromatic heterocycles. The van der Waals surface area contributed by atoms with Gasteiger partial charge < -0.3 is 5.32 Å². The molecule has 1 rings (SSSR count). The number of aryl methyl sites for hydroxylation is 1. The van der Waals surface area contributed by atoms with Gasteiger partial charge >= 0.3 is 0 Å². The highest BCUT2D eigenvalue weighted by molar-refractivity contribution is 5.94. The van der Waals surface area contributed by atoms with Gasteiger partial charge in [-0.25, -0.2) is 0 Å². The zero-order valence-electron chi connectivity index (χ0n) is 9.79. The van der Waals surface area contributed by atoms with Gasteiger partial charge in [0.05, 0.1) is 6.04 Å². The second-order valence-electron chi connectivity index (χ2n) is 3.85. The van der Waals surface area contributed by atoms with E-state index in [4.69, 9.17) is 6.42 Å². The second-order valence-corrected chi connectivity index (χ2v) is 3.85. The molecule has 0 saturated carbocycles. The molecule has 0 aliphatic rings. The fourth-order valence-corrected chi connectivity index (χ4v) is 1.51. The van der Waals surface area contributed by atoms with Gasteiger partial charge in [-0.2, -0.15) is 0 Å². The van der Waals surface area contributed by atoms with Crippen LogP contribution in [0.3, 0.4) is 0 Å². The third kappa shape index (κ3) is 3.43. The second kappa shape index (κ2) is 5.97. The number of nitrogens with one attached hydrogen (secondary N) is 1. The Hall–Kier alpha value is -1.75. The van der Waals surface area contributed by atoms with Crippen molar-refractivity contribution >= 4 is 5.91 Å². The zero-order chi connectivity index (χ0) is 12.0. The molecule has 1 aromatic carbocycles. The van der Waals surface area contributed by atoms with Crippen molar-refractivity contribution in [2.75, 3.05) is 0 Å². The lowest BCUT2D eigenvalue weighted by atomic mass is 10.1. The summed E-state index contributed by atoms with van der Waals surface area (Å²) in [5.41, 5.74) is 1.73. The van der Waals surface area contributed by atoms with Gasteiger partial charge in [0.15, 0.2) is 0 Å². The van der Waals surface area contributed by atoms with Gasteiger partial charge in [0.1, 0.15) is 0 Å². The molecule has 2 nitrogen and oxygen atoms in total.